The molecule has 0 bridgehead atoms. The molecule has 2 aliphatic rings. The van der Waals surface area contributed by atoms with Crippen LogP contribution in [0, 0.1) is 0 Å². The summed E-state index contributed by atoms with van der Waals surface area (Å²) < 4.78 is 9.46. The van der Waals surface area contributed by atoms with E-state index in [9.17, 15) is 10.2 Å². The van der Waals surface area contributed by atoms with E-state index in [2.05, 4.69) is 33.1 Å². The van der Waals surface area contributed by atoms with E-state index in [-0.39, 0.29) is 0 Å². The lowest BCUT2D eigenvalue weighted by Crippen LogP contribution is -2.31. The Morgan fingerprint density at radius 2 is 1.86 bits per heavy atom. The van der Waals surface area contributed by atoms with Gasteiger partial charge in [0.15, 0.2) is 6.23 Å². The van der Waals surface area contributed by atoms with Gasteiger partial charge < -0.3 is 19.5 Å². The molecule has 0 aliphatic carbocycles. The van der Waals surface area contributed by atoms with Crippen LogP contribution in [-0.4, -0.2) is 64.6 Å². The Bertz CT molecular complexity index is 1370. The number of aromatic nitrogens is 5. The minimum Gasteiger partial charge on any atom is -0.388 e. The molecule has 4 aromatic rings. The van der Waals surface area contributed by atoms with Crippen LogP contribution in [0.3, 0.4) is 0 Å². The summed E-state index contributed by atoms with van der Waals surface area (Å²) >= 11 is 0. The molecule has 0 spiro atoms. The second-order valence-electron chi connectivity index (χ2n) is 9.34. The predicted molar refractivity (Wildman–Crippen MR) is 137 cm³/mol. The zero-order valence-electron chi connectivity index (χ0n) is 20.3. The average Bonchev–Trinajstić information content (AvgIpc) is 3.64. The summed E-state index contributed by atoms with van der Waals surface area (Å²) in [6, 6.07) is 18.3. The minimum atomic E-state index is -1.04. The number of nitrogens with zero attached hydrogens (tertiary/aromatic N) is 7. The molecule has 4 atom stereocenters. The van der Waals surface area contributed by atoms with Gasteiger partial charge >= 0.3 is 0 Å². The topological polar surface area (TPSA) is 126 Å². The minimum absolute atomic E-state index is 0.472. The Morgan fingerprint density at radius 3 is 2.57 bits per heavy atom. The lowest BCUT2D eigenvalue weighted by molar-refractivity contribution is -0.0308. The van der Waals surface area contributed by atoms with Crippen LogP contribution in [0.4, 0.5) is 11.5 Å². The number of rotatable bonds is 7. The van der Waals surface area contributed by atoms with Crippen LogP contribution in [0.25, 0.3) is 11.1 Å². The lowest BCUT2D eigenvalue weighted by atomic mass is 10.0. The number of benzene rings is 2. The van der Waals surface area contributed by atoms with Crippen LogP contribution in [-0.2, 0) is 24.2 Å². The molecule has 11 heteroatoms. The van der Waals surface area contributed by atoms with Crippen molar-refractivity contribution in [2.75, 3.05) is 5.43 Å². The van der Waals surface area contributed by atoms with Crippen LogP contribution < -0.4 is 5.43 Å². The van der Waals surface area contributed by atoms with Gasteiger partial charge in [-0.15, -0.1) is 5.10 Å². The molecule has 2 aliphatic heterocycles. The molecule has 6 rings (SSSR count). The molecule has 0 radical (unpaired) electrons. The number of nitrogens with one attached hydrogen (secondary N) is 1. The fourth-order valence-electron chi connectivity index (χ4n) is 4.81. The van der Waals surface area contributed by atoms with Crippen molar-refractivity contribution in [3.05, 3.63) is 78.2 Å². The fourth-order valence-corrected chi connectivity index (χ4v) is 4.81. The van der Waals surface area contributed by atoms with Crippen molar-refractivity contribution in [1.82, 2.24) is 29.8 Å². The molecule has 190 valence electrons. The van der Waals surface area contributed by atoms with E-state index in [1.165, 1.54) is 5.56 Å². The second-order valence-corrected chi connectivity index (χ2v) is 9.34. The van der Waals surface area contributed by atoms with E-state index >= 15 is 0 Å². The van der Waals surface area contributed by atoms with E-state index in [0.29, 0.717) is 12.4 Å². The number of fused-ring (bicyclic) bond motifs is 1. The highest BCUT2D eigenvalue weighted by atomic mass is 16.6. The third kappa shape index (κ3) is 4.59. The number of aliphatic imine (C=N–C) groups is 1. The van der Waals surface area contributed by atoms with Crippen molar-refractivity contribution in [3.63, 3.8) is 0 Å². The number of aliphatic hydroxyl groups excluding tert-OH is 2. The van der Waals surface area contributed by atoms with Gasteiger partial charge in [0.2, 0.25) is 0 Å². The molecule has 0 unspecified atom stereocenters. The van der Waals surface area contributed by atoms with Crippen molar-refractivity contribution in [3.8, 4) is 11.1 Å². The molecule has 2 aromatic heterocycles. The van der Waals surface area contributed by atoms with Crippen LogP contribution in [0.5, 0.6) is 0 Å². The van der Waals surface area contributed by atoms with Gasteiger partial charge in [0.25, 0.3) is 0 Å². The number of tetrazole rings is 1. The van der Waals surface area contributed by atoms with Crippen molar-refractivity contribution >= 4 is 17.8 Å². The normalized spacial score (nSPS) is 22.8. The zero-order valence-corrected chi connectivity index (χ0v) is 20.3. The Hall–Kier alpha value is -4.06. The summed E-state index contributed by atoms with van der Waals surface area (Å²) in [5.41, 5.74) is 8.59. The maximum atomic E-state index is 10.6. The first-order chi connectivity index (χ1) is 18.1. The molecular weight excluding hydrogens is 472 g/mol. The number of hydrogen-bond acceptors (Lipinski definition) is 9. The van der Waals surface area contributed by atoms with Crippen LogP contribution >= 0.6 is 0 Å². The smallest absolute Gasteiger partial charge is 0.164 e. The summed E-state index contributed by atoms with van der Waals surface area (Å²) in [7, 11) is 0. The van der Waals surface area contributed by atoms with E-state index in [0.717, 1.165) is 35.3 Å². The zero-order chi connectivity index (χ0) is 25.4. The molecule has 37 heavy (non-hydrogen) atoms. The van der Waals surface area contributed by atoms with Crippen molar-refractivity contribution in [1.29, 1.82) is 0 Å². The van der Waals surface area contributed by atoms with Crippen molar-refractivity contribution in [2.45, 2.75) is 51.0 Å². The molecule has 1 saturated heterocycles. The van der Waals surface area contributed by atoms with Crippen LogP contribution in [0.2, 0.25) is 0 Å². The van der Waals surface area contributed by atoms with Crippen LogP contribution in [0.15, 0.2) is 72.1 Å². The lowest BCUT2D eigenvalue weighted by Gasteiger charge is -2.26. The summed E-state index contributed by atoms with van der Waals surface area (Å²) in [5, 5.41) is 34.1. The predicted octanol–water partition coefficient (Wildman–Crippen LogP) is 2.53. The van der Waals surface area contributed by atoms with Gasteiger partial charge in [-0.3, -0.25) is 10.4 Å². The molecule has 1 fully saturated rings. The average molecular weight is 501 g/mol. The van der Waals surface area contributed by atoms with Gasteiger partial charge in [0, 0.05) is 23.9 Å². The molecular formula is C26H28N8O3. The monoisotopic (exact) mass is 500 g/mol. The Labute approximate surface area is 213 Å². The molecule has 11 nitrogen and oxygen atoms in total. The van der Waals surface area contributed by atoms with Crippen molar-refractivity contribution in [2.24, 2.45) is 4.99 Å². The summed E-state index contributed by atoms with van der Waals surface area (Å²) in [5.74, 6) is 0.709. The van der Waals surface area contributed by atoms with E-state index in [1.807, 2.05) is 58.2 Å². The number of aryl methyl sites for hydroxylation is 2. The number of aliphatic hydroxyl groups is 2. The SMILES string of the molecule is C[C@H]1O[C@@H](n2cc(-c3ccccc3)c3c2N=CN(Nc2ccc(CCn4cnnn4)cc2)C3)[C@H](O)[C@@H]1O. The quantitative estimate of drug-likeness (QED) is 0.354. The molecule has 3 N–H and O–H groups in total. The summed E-state index contributed by atoms with van der Waals surface area (Å²) in [6.07, 6.45) is 2.95. The highest BCUT2D eigenvalue weighted by Crippen LogP contribution is 2.41. The number of hydrazine groups is 1. The first kappa shape index (κ1) is 23.3. The molecule has 4 heterocycles. The van der Waals surface area contributed by atoms with E-state index in [1.54, 1.807) is 24.3 Å². The Kier molecular flexibility index (Phi) is 6.16. The van der Waals surface area contributed by atoms with Crippen LogP contribution in [0.1, 0.15) is 24.3 Å². The van der Waals surface area contributed by atoms with Gasteiger partial charge in [-0.25, -0.2) is 9.67 Å². The number of ether oxygens (including phenoxy) is 1. The van der Waals surface area contributed by atoms with E-state index in [4.69, 9.17) is 9.73 Å². The van der Waals surface area contributed by atoms with Gasteiger partial charge in [0.05, 0.1) is 18.3 Å². The highest BCUT2D eigenvalue weighted by Gasteiger charge is 2.42. The van der Waals surface area contributed by atoms with Gasteiger partial charge in [-0.05, 0) is 47.0 Å². The molecule has 0 amide bonds. The van der Waals surface area contributed by atoms with Gasteiger partial charge in [-0.1, -0.05) is 42.5 Å². The third-order valence-corrected chi connectivity index (χ3v) is 6.84. The largest absolute Gasteiger partial charge is 0.388 e. The molecule has 0 saturated carbocycles. The fraction of sp³-hybridized carbons (Fsp3) is 0.308. The summed E-state index contributed by atoms with van der Waals surface area (Å²) in [4.78, 5) is 4.73. The van der Waals surface area contributed by atoms with Gasteiger partial charge in [-0.2, -0.15) is 0 Å². The Balaban J connectivity index is 1.22. The first-order valence-corrected chi connectivity index (χ1v) is 12.2. The number of anilines is 1. The first-order valence-electron chi connectivity index (χ1n) is 12.2. The highest BCUT2D eigenvalue weighted by molar-refractivity contribution is 5.77. The Morgan fingerprint density at radius 1 is 1.05 bits per heavy atom. The van der Waals surface area contributed by atoms with Gasteiger partial charge in [0.1, 0.15) is 30.7 Å². The third-order valence-electron chi connectivity index (χ3n) is 6.84. The standard InChI is InChI=1S/C26H28N8O3/c1-17-23(35)24(36)26(37-17)34-14-21(19-5-3-2-4-6-19)22-13-33(15-27-25(22)34)29-20-9-7-18(8-10-20)11-12-32-16-28-30-31-32/h2-10,14-17,23-24,26,29,35-36H,11-13H2,1H3/t17-,23-,24-,26-/m1/s1. The number of hydrogen-bond donors (Lipinski definition) is 3. The summed E-state index contributed by atoms with van der Waals surface area (Å²) in [6.45, 7) is 3.03. The second kappa shape index (κ2) is 9.77. The maximum absolute atomic E-state index is 10.6. The molecule has 2 aromatic carbocycles. The van der Waals surface area contributed by atoms with Crippen molar-refractivity contribution < 1.29 is 14.9 Å². The van der Waals surface area contributed by atoms with E-state index < -0.39 is 24.5 Å². The maximum Gasteiger partial charge on any atom is 0.164 e.